The number of aromatic nitrogens is 3. The van der Waals surface area contributed by atoms with Gasteiger partial charge in [0, 0.05) is 26.4 Å². The Morgan fingerprint density at radius 2 is 2.28 bits per heavy atom. The van der Waals surface area contributed by atoms with Crippen LogP contribution in [0.2, 0.25) is 0 Å². The Kier molecular flexibility index (Phi) is 5.23. The Morgan fingerprint density at radius 3 is 2.83 bits per heavy atom. The van der Waals surface area contributed by atoms with Gasteiger partial charge in [0.1, 0.15) is 6.33 Å². The monoisotopic (exact) mass is 276 g/mol. The largest absolute Gasteiger partial charge is 0.481 e. The van der Waals surface area contributed by atoms with Crippen LogP contribution in [-0.4, -0.2) is 46.6 Å². The van der Waals surface area contributed by atoms with Gasteiger partial charge in [-0.15, -0.1) is 0 Å². The van der Waals surface area contributed by atoms with Crippen LogP contribution in [0.4, 0.5) is 0 Å². The molecule has 1 heterocycles. The summed E-state index contributed by atoms with van der Waals surface area (Å²) in [6.07, 6.45) is 1.89. The van der Waals surface area contributed by atoms with E-state index < -0.39 is 16.0 Å². The number of carbonyl (C=O) groups is 1. The van der Waals surface area contributed by atoms with E-state index in [2.05, 4.69) is 14.8 Å². The van der Waals surface area contributed by atoms with Gasteiger partial charge in [-0.05, 0) is 6.42 Å². The summed E-state index contributed by atoms with van der Waals surface area (Å²) in [5.41, 5.74) is 0. The van der Waals surface area contributed by atoms with E-state index in [0.717, 1.165) is 0 Å². The second kappa shape index (κ2) is 6.45. The van der Waals surface area contributed by atoms with Crippen LogP contribution >= 0.6 is 0 Å². The summed E-state index contributed by atoms with van der Waals surface area (Å²) in [6, 6.07) is 0. The molecule has 0 aliphatic heterocycles. The number of nitrogens with one attached hydrogen (secondary N) is 1. The molecule has 0 amide bonds. The predicted octanol–water partition coefficient (Wildman–Crippen LogP) is -0.858. The van der Waals surface area contributed by atoms with Crippen LogP contribution in [0.3, 0.4) is 0 Å². The summed E-state index contributed by atoms with van der Waals surface area (Å²) in [7, 11) is -1.69. The molecule has 9 heteroatoms. The van der Waals surface area contributed by atoms with E-state index in [1.165, 1.54) is 11.0 Å². The van der Waals surface area contributed by atoms with E-state index >= 15 is 0 Å². The number of aliphatic carboxylic acids is 1. The molecule has 0 saturated carbocycles. The highest BCUT2D eigenvalue weighted by Crippen LogP contribution is 1.95. The van der Waals surface area contributed by atoms with Gasteiger partial charge in [0.05, 0.1) is 5.75 Å². The van der Waals surface area contributed by atoms with Crippen molar-refractivity contribution in [2.75, 3.05) is 12.3 Å². The molecule has 102 valence electrons. The van der Waals surface area contributed by atoms with Crippen molar-refractivity contribution in [2.45, 2.75) is 19.3 Å². The first-order valence-electron chi connectivity index (χ1n) is 5.43. The van der Waals surface area contributed by atoms with Gasteiger partial charge in [0.25, 0.3) is 0 Å². The SMILES string of the molecule is Cn1cnc(CCNS(=O)(=O)CCCC(=O)O)n1. The maximum atomic E-state index is 11.5. The number of hydrogen-bond acceptors (Lipinski definition) is 5. The molecule has 0 aliphatic rings. The number of carboxylic acids is 1. The average molecular weight is 276 g/mol. The normalized spacial score (nSPS) is 11.6. The van der Waals surface area contributed by atoms with Gasteiger partial charge in [0.2, 0.25) is 10.0 Å². The number of carboxylic acid groups (broad SMARTS) is 1. The number of sulfonamides is 1. The summed E-state index contributed by atoms with van der Waals surface area (Å²) < 4.78 is 26.8. The molecule has 1 rings (SSSR count). The van der Waals surface area contributed by atoms with Gasteiger partial charge in [-0.2, -0.15) is 5.10 Å². The molecule has 0 spiro atoms. The van der Waals surface area contributed by atoms with Crippen molar-refractivity contribution < 1.29 is 18.3 Å². The van der Waals surface area contributed by atoms with Crippen LogP contribution in [0.25, 0.3) is 0 Å². The molecule has 0 unspecified atom stereocenters. The predicted molar refractivity (Wildman–Crippen MR) is 63.4 cm³/mol. The molecular formula is C9H16N4O4S. The summed E-state index contributed by atoms with van der Waals surface area (Å²) in [5, 5.41) is 12.4. The Hall–Kier alpha value is -1.48. The molecule has 0 aromatic carbocycles. The first-order chi connectivity index (χ1) is 8.39. The molecule has 2 N–H and O–H groups in total. The Bertz CT molecular complexity index is 496. The third-order valence-corrected chi connectivity index (χ3v) is 3.59. The zero-order valence-electron chi connectivity index (χ0n) is 10.0. The Balaban J connectivity index is 2.27. The lowest BCUT2D eigenvalue weighted by Crippen LogP contribution is -2.28. The van der Waals surface area contributed by atoms with Crippen molar-refractivity contribution in [1.29, 1.82) is 0 Å². The Labute approximate surface area is 105 Å². The summed E-state index contributed by atoms with van der Waals surface area (Å²) in [5.74, 6) is -0.622. The van der Waals surface area contributed by atoms with Crippen molar-refractivity contribution in [2.24, 2.45) is 7.05 Å². The van der Waals surface area contributed by atoms with E-state index in [-0.39, 0.29) is 25.1 Å². The van der Waals surface area contributed by atoms with Crippen LogP contribution in [0, 0.1) is 0 Å². The Morgan fingerprint density at radius 1 is 1.56 bits per heavy atom. The maximum Gasteiger partial charge on any atom is 0.303 e. The molecule has 0 aliphatic carbocycles. The molecule has 8 nitrogen and oxygen atoms in total. The highest BCUT2D eigenvalue weighted by molar-refractivity contribution is 7.89. The van der Waals surface area contributed by atoms with Gasteiger partial charge >= 0.3 is 5.97 Å². The van der Waals surface area contributed by atoms with E-state index in [9.17, 15) is 13.2 Å². The quantitative estimate of drug-likeness (QED) is 0.638. The van der Waals surface area contributed by atoms with Crippen LogP contribution in [0.1, 0.15) is 18.7 Å². The number of aryl methyl sites for hydroxylation is 1. The van der Waals surface area contributed by atoms with Crippen LogP contribution in [-0.2, 0) is 28.3 Å². The number of hydrogen-bond donors (Lipinski definition) is 2. The first kappa shape index (κ1) is 14.6. The topological polar surface area (TPSA) is 114 Å². The van der Waals surface area contributed by atoms with Gasteiger partial charge < -0.3 is 5.11 Å². The fourth-order valence-electron chi connectivity index (χ4n) is 1.30. The fourth-order valence-corrected chi connectivity index (χ4v) is 2.38. The van der Waals surface area contributed by atoms with Crippen LogP contribution in [0.5, 0.6) is 0 Å². The highest BCUT2D eigenvalue weighted by atomic mass is 32.2. The van der Waals surface area contributed by atoms with Crippen LogP contribution in [0.15, 0.2) is 6.33 Å². The summed E-state index contributed by atoms with van der Waals surface area (Å²) >= 11 is 0. The van der Waals surface area contributed by atoms with Crippen molar-refractivity contribution >= 4 is 16.0 Å². The van der Waals surface area contributed by atoms with E-state index in [1.54, 1.807) is 7.05 Å². The van der Waals surface area contributed by atoms with Crippen molar-refractivity contribution in [3.05, 3.63) is 12.2 Å². The lowest BCUT2D eigenvalue weighted by molar-refractivity contribution is -0.137. The smallest absolute Gasteiger partial charge is 0.303 e. The lowest BCUT2D eigenvalue weighted by atomic mass is 10.3. The van der Waals surface area contributed by atoms with Crippen LogP contribution < -0.4 is 4.72 Å². The minimum absolute atomic E-state index is 0.104. The van der Waals surface area contributed by atoms with E-state index in [1.807, 2.05) is 0 Å². The zero-order valence-corrected chi connectivity index (χ0v) is 10.9. The summed E-state index contributed by atoms with van der Waals surface area (Å²) in [4.78, 5) is 14.2. The minimum atomic E-state index is -3.42. The molecule has 18 heavy (non-hydrogen) atoms. The molecule has 1 aromatic rings. The van der Waals surface area contributed by atoms with Gasteiger partial charge in [-0.25, -0.2) is 18.1 Å². The lowest BCUT2D eigenvalue weighted by Gasteiger charge is -2.04. The molecule has 1 aromatic heterocycles. The fraction of sp³-hybridized carbons (Fsp3) is 0.667. The number of rotatable bonds is 8. The summed E-state index contributed by atoms with van der Waals surface area (Å²) in [6.45, 7) is 0.208. The third kappa shape index (κ3) is 5.73. The second-order valence-corrected chi connectivity index (χ2v) is 5.72. The van der Waals surface area contributed by atoms with Crippen molar-refractivity contribution in [1.82, 2.24) is 19.5 Å². The minimum Gasteiger partial charge on any atom is -0.481 e. The standard InChI is InChI=1S/C9H16N4O4S/c1-13-7-10-8(12-13)4-5-11-18(16,17)6-2-3-9(14)15/h7,11H,2-6H2,1H3,(H,14,15). The van der Waals surface area contributed by atoms with E-state index in [0.29, 0.717) is 12.2 Å². The van der Waals surface area contributed by atoms with Gasteiger partial charge in [-0.1, -0.05) is 0 Å². The average Bonchev–Trinajstić information content (AvgIpc) is 2.63. The molecule has 0 atom stereocenters. The molecule has 0 saturated heterocycles. The van der Waals surface area contributed by atoms with Crippen molar-refractivity contribution in [3.8, 4) is 0 Å². The van der Waals surface area contributed by atoms with Gasteiger partial charge in [0.15, 0.2) is 5.82 Å². The van der Waals surface area contributed by atoms with Crippen molar-refractivity contribution in [3.63, 3.8) is 0 Å². The third-order valence-electron chi connectivity index (χ3n) is 2.12. The molecule has 0 fully saturated rings. The molecular weight excluding hydrogens is 260 g/mol. The number of nitrogens with zero attached hydrogens (tertiary/aromatic N) is 3. The molecule has 0 bridgehead atoms. The van der Waals surface area contributed by atoms with Gasteiger partial charge in [-0.3, -0.25) is 9.48 Å². The maximum absolute atomic E-state index is 11.5. The molecule has 0 radical (unpaired) electrons. The first-order valence-corrected chi connectivity index (χ1v) is 7.08. The van der Waals surface area contributed by atoms with E-state index in [4.69, 9.17) is 5.11 Å². The second-order valence-electron chi connectivity index (χ2n) is 3.79. The zero-order chi connectivity index (χ0) is 13.6. The highest BCUT2D eigenvalue weighted by Gasteiger charge is 2.11.